The molecule has 3 N–H and O–H groups in total. The minimum atomic E-state index is 0.0200. The van der Waals surface area contributed by atoms with E-state index in [0.717, 1.165) is 32.2 Å². The number of carbonyl (C=O) groups is 1. The number of piperidine rings is 1. The molecule has 14 heavy (non-hydrogen) atoms. The highest BCUT2D eigenvalue weighted by molar-refractivity contribution is 5.74. The maximum absolute atomic E-state index is 11.4. The lowest BCUT2D eigenvalue weighted by molar-refractivity contribution is 0.230. The van der Waals surface area contributed by atoms with E-state index in [2.05, 4.69) is 22.9 Å². The molecule has 0 bridgehead atoms. The van der Waals surface area contributed by atoms with Crippen LogP contribution in [0.25, 0.3) is 0 Å². The lowest BCUT2D eigenvalue weighted by atomic mass is 10.0. The topological polar surface area (TPSA) is 53.2 Å². The van der Waals surface area contributed by atoms with Crippen molar-refractivity contribution in [2.24, 2.45) is 0 Å². The van der Waals surface area contributed by atoms with Gasteiger partial charge < -0.3 is 16.0 Å². The average Bonchev–Trinajstić information content (AvgIpc) is 2.87. The Morgan fingerprint density at radius 1 is 1.21 bits per heavy atom. The van der Waals surface area contributed by atoms with E-state index in [1.807, 2.05) is 0 Å². The van der Waals surface area contributed by atoms with Crippen LogP contribution in [0.4, 0.5) is 4.79 Å². The summed E-state index contributed by atoms with van der Waals surface area (Å²) in [6.07, 6.45) is 4.38. The number of amides is 2. The van der Waals surface area contributed by atoms with Crippen molar-refractivity contribution in [3.8, 4) is 0 Å². The molecule has 0 radical (unpaired) electrons. The Kier molecular flexibility index (Phi) is 2.91. The molecule has 2 amide bonds. The predicted octanol–water partition coefficient (Wildman–Crippen LogP) is 0.588. The van der Waals surface area contributed by atoms with Gasteiger partial charge in [0.15, 0.2) is 0 Å². The van der Waals surface area contributed by atoms with Gasteiger partial charge in [0.1, 0.15) is 0 Å². The van der Waals surface area contributed by atoms with Crippen LogP contribution in [-0.4, -0.2) is 30.7 Å². The quantitative estimate of drug-likeness (QED) is 0.607. The second-order valence-electron chi connectivity index (χ2n) is 4.47. The zero-order valence-electron chi connectivity index (χ0n) is 8.68. The van der Waals surface area contributed by atoms with E-state index < -0.39 is 0 Å². The van der Waals surface area contributed by atoms with Crippen LogP contribution in [0.5, 0.6) is 0 Å². The van der Waals surface area contributed by atoms with Crippen molar-refractivity contribution in [3.63, 3.8) is 0 Å². The van der Waals surface area contributed by atoms with E-state index in [4.69, 9.17) is 0 Å². The summed E-state index contributed by atoms with van der Waals surface area (Å²) < 4.78 is 0. The minimum absolute atomic E-state index is 0.0200. The van der Waals surface area contributed by atoms with Gasteiger partial charge in [-0.15, -0.1) is 0 Å². The molecule has 0 aromatic heterocycles. The normalized spacial score (nSPS) is 32.4. The molecule has 2 unspecified atom stereocenters. The molecule has 80 valence electrons. The molecule has 0 spiro atoms. The summed E-state index contributed by atoms with van der Waals surface area (Å²) in [4.78, 5) is 11.4. The van der Waals surface area contributed by atoms with Gasteiger partial charge in [0.05, 0.1) is 0 Å². The predicted molar refractivity (Wildman–Crippen MR) is 55.2 cm³/mol. The molecule has 1 aliphatic heterocycles. The van der Waals surface area contributed by atoms with Gasteiger partial charge in [0.2, 0.25) is 0 Å². The summed E-state index contributed by atoms with van der Waals surface area (Å²) in [6.45, 7) is 3.17. The number of nitrogens with one attached hydrogen (secondary N) is 3. The van der Waals surface area contributed by atoms with E-state index in [-0.39, 0.29) is 6.03 Å². The lowest BCUT2D eigenvalue weighted by Crippen LogP contribution is -2.49. The molecule has 0 aromatic rings. The first-order chi connectivity index (χ1) is 6.74. The molecule has 4 nitrogen and oxygen atoms in total. The molecule has 2 fully saturated rings. The van der Waals surface area contributed by atoms with Gasteiger partial charge in [-0.25, -0.2) is 4.79 Å². The summed E-state index contributed by atoms with van der Waals surface area (Å²) in [5.41, 5.74) is 0. The summed E-state index contributed by atoms with van der Waals surface area (Å²) in [5, 5.41) is 9.34. The highest BCUT2D eigenvalue weighted by Crippen LogP contribution is 2.18. The van der Waals surface area contributed by atoms with Crippen LogP contribution in [0.2, 0.25) is 0 Å². The van der Waals surface area contributed by atoms with Crippen LogP contribution in [0.1, 0.15) is 32.6 Å². The molecular weight excluding hydrogens is 178 g/mol. The first kappa shape index (κ1) is 9.77. The van der Waals surface area contributed by atoms with Gasteiger partial charge in [0.25, 0.3) is 0 Å². The monoisotopic (exact) mass is 197 g/mol. The van der Waals surface area contributed by atoms with E-state index in [9.17, 15) is 4.79 Å². The smallest absolute Gasteiger partial charge is 0.315 e. The standard InChI is InChI=1S/C10H19N3O/c1-7-6-9(4-5-11-7)13-10(14)12-8-2-3-8/h7-9,11H,2-6H2,1H3,(H2,12,13,14). The largest absolute Gasteiger partial charge is 0.335 e. The SMILES string of the molecule is CC1CC(NC(=O)NC2CC2)CCN1. The van der Waals surface area contributed by atoms with Gasteiger partial charge in [-0.2, -0.15) is 0 Å². The highest BCUT2D eigenvalue weighted by Gasteiger charge is 2.25. The van der Waals surface area contributed by atoms with Crippen molar-refractivity contribution >= 4 is 6.03 Å². The number of urea groups is 1. The highest BCUT2D eigenvalue weighted by atomic mass is 16.2. The molecule has 4 heteroatoms. The van der Waals surface area contributed by atoms with E-state index in [1.54, 1.807) is 0 Å². The van der Waals surface area contributed by atoms with Crippen LogP contribution < -0.4 is 16.0 Å². The third-order valence-corrected chi connectivity index (χ3v) is 2.87. The third-order valence-electron chi connectivity index (χ3n) is 2.87. The van der Waals surface area contributed by atoms with Gasteiger partial charge in [-0.3, -0.25) is 0 Å². The maximum atomic E-state index is 11.4. The first-order valence-electron chi connectivity index (χ1n) is 5.54. The van der Waals surface area contributed by atoms with Crippen LogP contribution in [0.15, 0.2) is 0 Å². The van der Waals surface area contributed by atoms with Crippen molar-refractivity contribution in [2.45, 2.75) is 50.7 Å². The van der Waals surface area contributed by atoms with E-state index in [0.29, 0.717) is 18.1 Å². The van der Waals surface area contributed by atoms with E-state index >= 15 is 0 Å². The first-order valence-corrected chi connectivity index (χ1v) is 5.54. The summed E-state index contributed by atoms with van der Waals surface area (Å²) in [5.74, 6) is 0. The van der Waals surface area contributed by atoms with Gasteiger partial charge in [-0.1, -0.05) is 0 Å². The summed E-state index contributed by atoms with van der Waals surface area (Å²) in [6, 6.07) is 1.35. The Balaban J connectivity index is 1.69. The van der Waals surface area contributed by atoms with Crippen molar-refractivity contribution in [1.82, 2.24) is 16.0 Å². The summed E-state index contributed by atoms with van der Waals surface area (Å²) in [7, 11) is 0. The molecule has 2 rings (SSSR count). The molecule has 2 aliphatic rings. The molecular formula is C10H19N3O. The lowest BCUT2D eigenvalue weighted by Gasteiger charge is -2.28. The van der Waals surface area contributed by atoms with Crippen LogP contribution in [-0.2, 0) is 0 Å². The fraction of sp³-hybridized carbons (Fsp3) is 0.900. The van der Waals surface area contributed by atoms with Gasteiger partial charge in [-0.05, 0) is 39.2 Å². The zero-order chi connectivity index (χ0) is 9.97. The van der Waals surface area contributed by atoms with Crippen LogP contribution >= 0.6 is 0 Å². The Morgan fingerprint density at radius 3 is 2.57 bits per heavy atom. The Morgan fingerprint density at radius 2 is 1.93 bits per heavy atom. The van der Waals surface area contributed by atoms with Gasteiger partial charge in [0, 0.05) is 18.1 Å². The van der Waals surface area contributed by atoms with Crippen molar-refractivity contribution in [1.29, 1.82) is 0 Å². The second kappa shape index (κ2) is 4.17. The van der Waals surface area contributed by atoms with Crippen LogP contribution in [0, 0.1) is 0 Å². The van der Waals surface area contributed by atoms with E-state index in [1.165, 1.54) is 0 Å². The average molecular weight is 197 g/mol. The van der Waals surface area contributed by atoms with Crippen molar-refractivity contribution < 1.29 is 4.79 Å². The maximum Gasteiger partial charge on any atom is 0.315 e. The fourth-order valence-corrected chi connectivity index (χ4v) is 1.90. The molecule has 1 saturated heterocycles. The Hall–Kier alpha value is -0.770. The fourth-order valence-electron chi connectivity index (χ4n) is 1.90. The Bertz CT molecular complexity index is 215. The van der Waals surface area contributed by atoms with Crippen LogP contribution in [0.3, 0.4) is 0 Å². The molecule has 0 aromatic carbocycles. The number of hydrogen-bond donors (Lipinski definition) is 3. The number of rotatable bonds is 2. The minimum Gasteiger partial charge on any atom is -0.335 e. The second-order valence-corrected chi connectivity index (χ2v) is 4.47. The number of hydrogen-bond acceptors (Lipinski definition) is 2. The molecule has 1 saturated carbocycles. The number of carbonyl (C=O) groups excluding carboxylic acids is 1. The third kappa shape index (κ3) is 2.87. The van der Waals surface area contributed by atoms with Crippen molar-refractivity contribution in [2.75, 3.05) is 6.54 Å². The zero-order valence-corrected chi connectivity index (χ0v) is 8.68. The molecule has 1 heterocycles. The Labute approximate surface area is 84.8 Å². The molecule has 2 atom stereocenters. The summed E-state index contributed by atoms with van der Waals surface area (Å²) >= 11 is 0. The van der Waals surface area contributed by atoms with Gasteiger partial charge >= 0.3 is 6.03 Å². The van der Waals surface area contributed by atoms with Crippen molar-refractivity contribution in [3.05, 3.63) is 0 Å². The molecule has 1 aliphatic carbocycles.